The number of hydrogen-bond acceptors (Lipinski definition) is 3. The summed E-state index contributed by atoms with van der Waals surface area (Å²) < 4.78 is 11.1. The molecule has 1 heterocycles. The van der Waals surface area contributed by atoms with Crippen molar-refractivity contribution in [2.45, 2.75) is 0 Å². The molecule has 0 saturated carbocycles. The maximum atomic E-state index is 5.78. The summed E-state index contributed by atoms with van der Waals surface area (Å²) in [5.74, 6) is 2.41. The molecule has 0 bridgehead atoms. The molecule has 3 rings (SSSR count). The Balaban J connectivity index is 0.00000108. The van der Waals surface area contributed by atoms with Gasteiger partial charge in [0.15, 0.2) is 11.5 Å². The van der Waals surface area contributed by atoms with Crippen LogP contribution in [-0.4, -0.2) is 7.11 Å². The molecule has 1 aliphatic rings. The van der Waals surface area contributed by atoms with Gasteiger partial charge in [-0.2, -0.15) is 0 Å². The number of fused-ring (bicyclic) bond motifs is 2. The number of rotatable bonds is 1. The van der Waals surface area contributed by atoms with Gasteiger partial charge >= 0.3 is 0 Å². The van der Waals surface area contributed by atoms with Crippen molar-refractivity contribution < 1.29 is 29.0 Å². The summed E-state index contributed by atoms with van der Waals surface area (Å²) in [6, 6.07) is 13.6. The van der Waals surface area contributed by atoms with Crippen LogP contribution >= 0.6 is 0 Å². The third kappa shape index (κ3) is 2.01. The molecule has 0 atom stereocenters. The van der Waals surface area contributed by atoms with E-state index in [1.807, 2.05) is 42.5 Å². The van der Waals surface area contributed by atoms with Crippen molar-refractivity contribution in [1.29, 1.82) is 0 Å². The van der Waals surface area contributed by atoms with E-state index in [0.717, 1.165) is 28.6 Å². The second-order valence-corrected chi connectivity index (χ2v) is 3.56. The summed E-state index contributed by atoms with van der Waals surface area (Å²) in [6.07, 6.45) is 0. The Morgan fingerprint density at radius 1 is 1.00 bits per heavy atom. The van der Waals surface area contributed by atoms with Gasteiger partial charge in [-0.3, -0.25) is 0 Å². The van der Waals surface area contributed by atoms with Crippen LogP contribution in [0.5, 0.6) is 17.2 Å². The van der Waals surface area contributed by atoms with Gasteiger partial charge in [-0.05, 0) is 24.3 Å². The standard InChI is InChI=1S/C13H11NO2.Zn/c1-15-11-7-4-8-12-13(11)14-9-5-2-3-6-10(9)16-12;/h2-8,14H,1H3;. The van der Waals surface area contributed by atoms with E-state index >= 15 is 0 Å². The van der Waals surface area contributed by atoms with Crippen LogP contribution in [0.1, 0.15) is 0 Å². The molecule has 2 aromatic carbocycles. The molecule has 0 amide bonds. The normalized spacial score (nSPS) is 11.1. The van der Waals surface area contributed by atoms with E-state index in [-0.39, 0.29) is 19.5 Å². The third-order valence-corrected chi connectivity index (χ3v) is 2.57. The Kier molecular flexibility index (Phi) is 3.34. The van der Waals surface area contributed by atoms with Gasteiger partial charge in [0.2, 0.25) is 0 Å². The van der Waals surface area contributed by atoms with Crippen molar-refractivity contribution in [2.75, 3.05) is 12.4 Å². The van der Waals surface area contributed by atoms with Crippen molar-refractivity contribution in [3.05, 3.63) is 42.5 Å². The van der Waals surface area contributed by atoms with Crippen molar-refractivity contribution >= 4 is 11.4 Å². The second kappa shape index (κ2) is 4.76. The molecule has 0 fully saturated rings. The fraction of sp³-hybridized carbons (Fsp3) is 0.0769. The van der Waals surface area contributed by atoms with Gasteiger partial charge in [0, 0.05) is 19.5 Å². The van der Waals surface area contributed by atoms with Gasteiger partial charge < -0.3 is 14.8 Å². The van der Waals surface area contributed by atoms with Crippen LogP contribution in [0.25, 0.3) is 0 Å². The number of hydrogen-bond donors (Lipinski definition) is 1. The molecule has 0 aromatic heterocycles. The Hall–Kier alpha value is -1.54. The molecular weight excluding hydrogens is 268 g/mol. The van der Waals surface area contributed by atoms with Gasteiger partial charge in [-0.25, -0.2) is 0 Å². The van der Waals surface area contributed by atoms with Crippen LogP contribution in [0.2, 0.25) is 0 Å². The average molecular weight is 279 g/mol. The number of nitrogens with one attached hydrogen (secondary N) is 1. The molecule has 3 nitrogen and oxygen atoms in total. The number of para-hydroxylation sites is 3. The molecule has 0 unspecified atom stereocenters. The van der Waals surface area contributed by atoms with Gasteiger partial charge in [-0.1, -0.05) is 18.2 Å². The Labute approximate surface area is 113 Å². The first-order valence-corrected chi connectivity index (χ1v) is 5.09. The van der Waals surface area contributed by atoms with Crippen molar-refractivity contribution in [1.82, 2.24) is 0 Å². The predicted molar refractivity (Wildman–Crippen MR) is 62.8 cm³/mol. The van der Waals surface area contributed by atoms with Crippen LogP contribution in [0.4, 0.5) is 11.4 Å². The minimum Gasteiger partial charge on any atom is -0.494 e. The topological polar surface area (TPSA) is 30.5 Å². The van der Waals surface area contributed by atoms with E-state index in [4.69, 9.17) is 9.47 Å². The molecule has 4 heteroatoms. The van der Waals surface area contributed by atoms with E-state index < -0.39 is 0 Å². The molecule has 17 heavy (non-hydrogen) atoms. The van der Waals surface area contributed by atoms with Crippen LogP contribution in [0.15, 0.2) is 42.5 Å². The van der Waals surface area contributed by atoms with E-state index in [2.05, 4.69) is 5.32 Å². The van der Waals surface area contributed by atoms with Gasteiger partial charge in [0.25, 0.3) is 0 Å². The molecule has 1 aliphatic heterocycles. The predicted octanol–water partition coefficient (Wildman–Crippen LogP) is 3.54. The molecule has 0 radical (unpaired) electrons. The SMILES string of the molecule is COc1cccc2c1Nc1ccccc1O2.[Zn]. The first-order valence-electron chi connectivity index (χ1n) is 5.09. The smallest absolute Gasteiger partial charge is 0.154 e. The van der Waals surface area contributed by atoms with E-state index in [9.17, 15) is 0 Å². The summed E-state index contributed by atoms with van der Waals surface area (Å²) in [5.41, 5.74) is 1.84. The molecular formula is C13H11NO2Zn. The fourth-order valence-electron chi connectivity index (χ4n) is 1.80. The van der Waals surface area contributed by atoms with Crippen LogP contribution in [-0.2, 0) is 19.5 Å². The molecule has 0 spiro atoms. The van der Waals surface area contributed by atoms with E-state index in [1.165, 1.54) is 0 Å². The zero-order valence-corrected chi connectivity index (χ0v) is 12.5. The zero-order valence-electron chi connectivity index (χ0n) is 9.57. The number of ether oxygens (including phenoxy) is 2. The Morgan fingerprint density at radius 2 is 1.76 bits per heavy atom. The summed E-state index contributed by atoms with van der Waals surface area (Å²) >= 11 is 0. The van der Waals surface area contributed by atoms with Gasteiger partial charge in [0.1, 0.15) is 11.4 Å². The Bertz CT molecular complexity index is 543. The van der Waals surface area contributed by atoms with Gasteiger partial charge in [0.05, 0.1) is 12.8 Å². The van der Waals surface area contributed by atoms with Crippen LogP contribution < -0.4 is 14.8 Å². The molecule has 82 valence electrons. The minimum atomic E-state index is 0. The van der Waals surface area contributed by atoms with Crippen molar-refractivity contribution in [3.8, 4) is 17.2 Å². The first-order chi connectivity index (χ1) is 7.88. The monoisotopic (exact) mass is 277 g/mol. The zero-order chi connectivity index (χ0) is 11.0. The largest absolute Gasteiger partial charge is 0.494 e. The first kappa shape index (κ1) is 11.9. The van der Waals surface area contributed by atoms with E-state index in [0.29, 0.717) is 0 Å². The summed E-state index contributed by atoms with van der Waals surface area (Å²) in [5, 5.41) is 3.31. The number of anilines is 2. The maximum Gasteiger partial charge on any atom is 0.154 e. The molecule has 1 N–H and O–H groups in total. The molecule has 0 aliphatic carbocycles. The summed E-state index contributed by atoms with van der Waals surface area (Å²) in [6.45, 7) is 0. The molecule has 0 saturated heterocycles. The summed E-state index contributed by atoms with van der Waals surface area (Å²) in [4.78, 5) is 0. The van der Waals surface area contributed by atoms with Crippen LogP contribution in [0, 0.1) is 0 Å². The average Bonchev–Trinajstić information content (AvgIpc) is 2.35. The second-order valence-electron chi connectivity index (χ2n) is 3.56. The van der Waals surface area contributed by atoms with Crippen molar-refractivity contribution in [3.63, 3.8) is 0 Å². The quantitative estimate of drug-likeness (QED) is 0.691. The third-order valence-electron chi connectivity index (χ3n) is 2.57. The minimum absolute atomic E-state index is 0. The van der Waals surface area contributed by atoms with E-state index in [1.54, 1.807) is 7.11 Å². The fourth-order valence-corrected chi connectivity index (χ4v) is 1.80. The molecule has 2 aromatic rings. The maximum absolute atomic E-state index is 5.78. The number of methoxy groups -OCH3 is 1. The Morgan fingerprint density at radius 3 is 2.59 bits per heavy atom. The number of benzene rings is 2. The van der Waals surface area contributed by atoms with Crippen LogP contribution in [0.3, 0.4) is 0 Å². The summed E-state index contributed by atoms with van der Waals surface area (Å²) in [7, 11) is 1.65. The van der Waals surface area contributed by atoms with Crippen molar-refractivity contribution in [2.24, 2.45) is 0 Å². The van der Waals surface area contributed by atoms with Gasteiger partial charge in [-0.15, -0.1) is 0 Å².